The Kier molecular flexibility index (Phi) is 6.04. The minimum atomic E-state index is -3.69. The number of carbonyl (C=O) groups excluding carboxylic acids is 2. The Balaban J connectivity index is 1.97. The van der Waals surface area contributed by atoms with E-state index in [1.807, 2.05) is 0 Å². The first kappa shape index (κ1) is 18.1. The number of rotatable bonds is 8. The molecule has 2 N–H and O–H groups in total. The second-order valence-electron chi connectivity index (χ2n) is 4.98. The number of hydrogen-bond donors (Lipinski definition) is 2. The highest BCUT2D eigenvalue weighted by atomic mass is 32.2. The molecular formula is C15H17N3O4S2. The van der Waals surface area contributed by atoms with Crippen LogP contribution in [0.25, 0.3) is 0 Å². The summed E-state index contributed by atoms with van der Waals surface area (Å²) in [5, 5.41) is 4.42. The molecule has 2 aromatic rings. The Labute approximate surface area is 144 Å². The summed E-state index contributed by atoms with van der Waals surface area (Å²) < 4.78 is 26.8. The van der Waals surface area contributed by atoms with Crippen molar-refractivity contribution in [1.29, 1.82) is 0 Å². The summed E-state index contributed by atoms with van der Waals surface area (Å²) in [5.41, 5.74) is 0.699. The van der Waals surface area contributed by atoms with Crippen molar-refractivity contribution < 1.29 is 18.0 Å². The summed E-state index contributed by atoms with van der Waals surface area (Å²) in [4.78, 5) is 26.9. The van der Waals surface area contributed by atoms with Crippen molar-refractivity contribution in [3.63, 3.8) is 0 Å². The van der Waals surface area contributed by atoms with Gasteiger partial charge < -0.3 is 5.32 Å². The van der Waals surface area contributed by atoms with Gasteiger partial charge in [-0.15, -0.1) is 11.3 Å². The molecule has 1 heterocycles. The molecule has 0 aliphatic carbocycles. The third-order valence-electron chi connectivity index (χ3n) is 3.20. The monoisotopic (exact) mass is 367 g/mol. The average Bonchev–Trinajstić information content (AvgIpc) is 3.05. The lowest BCUT2D eigenvalue weighted by atomic mass is 10.1. The van der Waals surface area contributed by atoms with Crippen LogP contribution in [0.2, 0.25) is 0 Å². The van der Waals surface area contributed by atoms with E-state index in [2.05, 4.69) is 15.0 Å². The van der Waals surface area contributed by atoms with Crippen molar-refractivity contribution in [1.82, 2.24) is 10.3 Å². The van der Waals surface area contributed by atoms with E-state index in [1.165, 1.54) is 36.7 Å². The molecule has 0 saturated heterocycles. The quantitative estimate of drug-likeness (QED) is 0.737. The van der Waals surface area contributed by atoms with E-state index < -0.39 is 10.0 Å². The third-order valence-corrected chi connectivity index (χ3v) is 5.37. The molecule has 0 spiro atoms. The summed E-state index contributed by atoms with van der Waals surface area (Å²) >= 11 is 1.19. The van der Waals surface area contributed by atoms with Gasteiger partial charge >= 0.3 is 0 Å². The first-order chi connectivity index (χ1) is 11.4. The van der Waals surface area contributed by atoms with Gasteiger partial charge in [-0.3, -0.25) is 14.3 Å². The zero-order valence-electron chi connectivity index (χ0n) is 13.0. The highest BCUT2D eigenvalue weighted by Crippen LogP contribution is 2.18. The number of hydrogen-bond acceptors (Lipinski definition) is 6. The van der Waals surface area contributed by atoms with Crippen molar-refractivity contribution in [2.45, 2.75) is 24.2 Å². The first-order valence-electron chi connectivity index (χ1n) is 7.14. The van der Waals surface area contributed by atoms with Crippen LogP contribution >= 0.6 is 11.3 Å². The Morgan fingerprint density at radius 1 is 1.17 bits per heavy atom. The lowest BCUT2D eigenvalue weighted by molar-refractivity contribution is -0.124. The van der Waals surface area contributed by atoms with Gasteiger partial charge in [0.1, 0.15) is 5.78 Å². The van der Waals surface area contributed by atoms with Crippen LogP contribution in [0.1, 0.15) is 18.4 Å². The molecule has 0 bridgehead atoms. The van der Waals surface area contributed by atoms with Crippen LogP contribution in [-0.4, -0.2) is 32.1 Å². The Morgan fingerprint density at radius 3 is 2.46 bits per heavy atom. The van der Waals surface area contributed by atoms with Crippen molar-refractivity contribution in [2.24, 2.45) is 0 Å². The van der Waals surface area contributed by atoms with Crippen LogP contribution in [0.3, 0.4) is 0 Å². The van der Waals surface area contributed by atoms with Crippen LogP contribution in [0.4, 0.5) is 5.13 Å². The number of nitrogens with zero attached hydrogens (tertiary/aromatic N) is 1. The molecule has 0 unspecified atom stereocenters. The Morgan fingerprint density at radius 2 is 1.88 bits per heavy atom. The molecule has 1 amide bonds. The molecule has 0 atom stereocenters. The number of thiazole rings is 1. The van der Waals surface area contributed by atoms with Gasteiger partial charge in [-0.25, -0.2) is 13.4 Å². The van der Waals surface area contributed by atoms with Crippen molar-refractivity contribution in [2.75, 3.05) is 11.8 Å². The van der Waals surface area contributed by atoms with E-state index in [1.54, 1.807) is 17.5 Å². The lowest BCUT2D eigenvalue weighted by Gasteiger charge is -2.06. The molecule has 7 nitrogen and oxygen atoms in total. The molecule has 24 heavy (non-hydrogen) atoms. The zero-order chi connectivity index (χ0) is 17.6. The largest absolute Gasteiger partial charge is 0.359 e. The molecule has 0 aliphatic heterocycles. The molecule has 2 rings (SSSR count). The predicted octanol–water partition coefficient (Wildman–Crippen LogP) is 1.58. The van der Waals surface area contributed by atoms with Crippen molar-refractivity contribution in [3.8, 4) is 0 Å². The standard InChI is InChI=1S/C15H17N3O4S2/c1-16-14(20)7-4-12(19)10-11-2-5-13(6-3-11)24(21,22)18-15-17-8-9-23-15/h2-3,5-6,8-9H,4,7,10H2,1H3,(H,16,20)(H,17,18). The molecule has 0 aliphatic rings. The topological polar surface area (TPSA) is 105 Å². The van der Waals surface area contributed by atoms with E-state index in [-0.39, 0.29) is 35.8 Å². The maximum absolute atomic E-state index is 12.2. The summed E-state index contributed by atoms with van der Waals surface area (Å²) in [6, 6.07) is 6.07. The Hall–Kier alpha value is -2.26. The maximum atomic E-state index is 12.2. The molecule has 0 fully saturated rings. The van der Waals surface area contributed by atoms with Crippen molar-refractivity contribution >= 4 is 38.2 Å². The van der Waals surface area contributed by atoms with Crippen LogP contribution in [0.15, 0.2) is 40.7 Å². The molecule has 9 heteroatoms. The number of sulfonamides is 1. The number of amides is 1. The number of nitrogens with one attached hydrogen (secondary N) is 2. The Bertz CT molecular complexity index is 800. The summed E-state index contributed by atoms with van der Waals surface area (Å²) in [5.74, 6) is -0.256. The number of carbonyl (C=O) groups is 2. The molecule has 0 saturated carbocycles. The van der Waals surface area contributed by atoms with E-state index >= 15 is 0 Å². The van der Waals surface area contributed by atoms with Crippen molar-refractivity contribution in [3.05, 3.63) is 41.4 Å². The summed E-state index contributed by atoms with van der Waals surface area (Å²) in [7, 11) is -2.17. The van der Waals surface area contributed by atoms with Gasteiger partial charge in [0.25, 0.3) is 10.0 Å². The van der Waals surface area contributed by atoms with Crippen LogP contribution in [-0.2, 0) is 26.0 Å². The van der Waals surface area contributed by atoms with Crippen LogP contribution < -0.4 is 10.0 Å². The SMILES string of the molecule is CNC(=O)CCC(=O)Cc1ccc(S(=O)(=O)Nc2nccs2)cc1. The predicted molar refractivity (Wildman–Crippen MR) is 91.4 cm³/mol. The second-order valence-corrected chi connectivity index (χ2v) is 7.55. The molecule has 1 aromatic carbocycles. The number of anilines is 1. The van der Waals surface area contributed by atoms with Crippen LogP contribution in [0, 0.1) is 0 Å². The van der Waals surface area contributed by atoms with Gasteiger partial charge in [-0.1, -0.05) is 12.1 Å². The molecule has 128 valence electrons. The average molecular weight is 367 g/mol. The third kappa shape index (κ3) is 5.14. The number of aromatic nitrogens is 1. The maximum Gasteiger partial charge on any atom is 0.263 e. The second kappa shape index (κ2) is 8.02. The smallest absolute Gasteiger partial charge is 0.263 e. The normalized spacial score (nSPS) is 11.0. The van der Waals surface area contributed by atoms with Gasteiger partial charge in [-0.2, -0.15) is 0 Å². The minimum absolute atomic E-state index is 0.0740. The minimum Gasteiger partial charge on any atom is -0.359 e. The molecule has 0 radical (unpaired) electrons. The van der Waals surface area contributed by atoms with E-state index in [0.29, 0.717) is 10.7 Å². The number of benzene rings is 1. The van der Waals surface area contributed by atoms with Gasteiger partial charge in [0, 0.05) is 37.9 Å². The number of Topliss-reactive ketones (excluding diaryl/α,β-unsaturated/α-hetero) is 1. The highest BCUT2D eigenvalue weighted by molar-refractivity contribution is 7.93. The van der Waals surface area contributed by atoms with E-state index in [4.69, 9.17) is 0 Å². The molecule has 1 aromatic heterocycles. The van der Waals surface area contributed by atoms with E-state index in [9.17, 15) is 18.0 Å². The fraction of sp³-hybridized carbons (Fsp3) is 0.267. The lowest BCUT2D eigenvalue weighted by Crippen LogP contribution is -2.19. The molecular weight excluding hydrogens is 350 g/mol. The van der Waals surface area contributed by atoms with Gasteiger partial charge in [0.2, 0.25) is 5.91 Å². The summed E-state index contributed by atoms with van der Waals surface area (Å²) in [6.07, 6.45) is 1.98. The zero-order valence-corrected chi connectivity index (χ0v) is 14.6. The number of ketones is 1. The van der Waals surface area contributed by atoms with E-state index in [0.717, 1.165) is 0 Å². The fourth-order valence-electron chi connectivity index (χ4n) is 1.93. The first-order valence-corrected chi connectivity index (χ1v) is 9.50. The van der Waals surface area contributed by atoms with Gasteiger partial charge in [0.15, 0.2) is 5.13 Å². The fourth-order valence-corrected chi connectivity index (χ4v) is 3.72. The summed E-state index contributed by atoms with van der Waals surface area (Å²) in [6.45, 7) is 0. The van der Waals surface area contributed by atoms with Gasteiger partial charge in [-0.05, 0) is 17.7 Å². The van der Waals surface area contributed by atoms with Crippen LogP contribution in [0.5, 0.6) is 0 Å². The van der Waals surface area contributed by atoms with Gasteiger partial charge in [0.05, 0.1) is 4.90 Å². The highest BCUT2D eigenvalue weighted by Gasteiger charge is 2.15.